The van der Waals surface area contributed by atoms with Gasteiger partial charge in [-0.25, -0.2) is 4.79 Å². The molecule has 0 unspecified atom stereocenters. The highest BCUT2D eigenvalue weighted by molar-refractivity contribution is 5.92. The van der Waals surface area contributed by atoms with Gasteiger partial charge in [0.1, 0.15) is 42.6 Å². The molecule has 140 valence electrons. The van der Waals surface area contributed by atoms with E-state index in [9.17, 15) is 4.79 Å². The molecule has 1 aromatic heterocycles. The predicted octanol–water partition coefficient (Wildman–Crippen LogP) is 4.11. The normalized spacial score (nSPS) is 10.4. The van der Waals surface area contributed by atoms with Crippen molar-refractivity contribution in [3.05, 3.63) is 77.2 Å². The molecule has 0 bridgehead atoms. The van der Waals surface area contributed by atoms with Crippen LogP contribution >= 0.6 is 0 Å². The lowest BCUT2D eigenvalue weighted by Gasteiger charge is -2.11. The quantitative estimate of drug-likeness (QED) is 0.441. The van der Waals surface area contributed by atoms with Crippen molar-refractivity contribution >= 4 is 5.97 Å². The van der Waals surface area contributed by atoms with E-state index in [-0.39, 0.29) is 19.8 Å². The molecule has 2 aromatic carbocycles. The molecule has 0 fully saturated rings. The maximum atomic E-state index is 12.4. The minimum absolute atomic E-state index is 0.145. The van der Waals surface area contributed by atoms with Crippen LogP contribution in [0.2, 0.25) is 0 Å². The Balaban J connectivity index is 1.55. The zero-order valence-corrected chi connectivity index (χ0v) is 15.3. The van der Waals surface area contributed by atoms with Gasteiger partial charge in [-0.15, -0.1) is 0 Å². The Bertz CT molecular complexity index is 869. The largest absolute Gasteiger partial charge is 0.490 e. The average Bonchev–Trinajstić information content (AvgIpc) is 3.02. The highest BCUT2D eigenvalue weighted by Crippen LogP contribution is 2.22. The number of aryl methyl sites for hydroxylation is 2. The summed E-state index contributed by atoms with van der Waals surface area (Å²) in [6, 6.07) is 16.3. The van der Waals surface area contributed by atoms with E-state index in [1.807, 2.05) is 44.2 Å². The Hall–Kier alpha value is -3.28. The van der Waals surface area contributed by atoms with Crippen LogP contribution in [0.25, 0.3) is 0 Å². The fourth-order valence-corrected chi connectivity index (χ4v) is 2.51. The van der Waals surface area contributed by atoms with Gasteiger partial charge < -0.3 is 18.7 Å². The minimum Gasteiger partial charge on any atom is -0.490 e. The second-order valence-electron chi connectivity index (χ2n) is 5.88. The summed E-state index contributed by atoms with van der Waals surface area (Å²) in [5, 5.41) is 3.90. The van der Waals surface area contributed by atoms with Crippen LogP contribution in [0.5, 0.6) is 11.5 Å². The molecule has 0 N–H and O–H groups in total. The minimum atomic E-state index is -0.457. The van der Waals surface area contributed by atoms with E-state index in [2.05, 4.69) is 5.16 Å². The Morgan fingerprint density at radius 2 is 1.70 bits per heavy atom. The van der Waals surface area contributed by atoms with Crippen LogP contribution in [-0.4, -0.2) is 24.3 Å². The Morgan fingerprint density at radius 1 is 0.963 bits per heavy atom. The van der Waals surface area contributed by atoms with E-state index in [0.29, 0.717) is 17.1 Å². The summed E-state index contributed by atoms with van der Waals surface area (Å²) in [7, 11) is 0. The van der Waals surface area contributed by atoms with Gasteiger partial charge in [0.05, 0.1) is 11.3 Å². The van der Waals surface area contributed by atoms with Gasteiger partial charge in [0, 0.05) is 0 Å². The van der Waals surface area contributed by atoms with E-state index in [1.165, 1.54) is 0 Å². The van der Waals surface area contributed by atoms with E-state index in [4.69, 9.17) is 18.7 Å². The highest BCUT2D eigenvalue weighted by atomic mass is 16.6. The van der Waals surface area contributed by atoms with Crippen molar-refractivity contribution in [3.8, 4) is 11.5 Å². The maximum Gasteiger partial charge on any atom is 0.342 e. The number of rotatable bonds is 8. The van der Waals surface area contributed by atoms with Gasteiger partial charge >= 0.3 is 5.97 Å². The van der Waals surface area contributed by atoms with E-state index in [1.54, 1.807) is 24.3 Å². The van der Waals surface area contributed by atoms with E-state index >= 15 is 0 Å². The first-order valence-electron chi connectivity index (χ1n) is 8.63. The maximum absolute atomic E-state index is 12.4. The number of carbonyl (C=O) groups is 1. The number of para-hydroxylation sites is 2. The zero-order valence-electron chi connectivity index (χ0n) is 15.3. The van der Waals surface area contributed by atoms with Crippen molar-refractivity contribution in [2.75, 3.05) is 13.2 Å². The van der Waals surface area contributed by atoms with Crippen LogP contribution in [0.3, 0.4) is 0 Å². The molecule has 0 spiro atoms. The molecule has 0 amide bonds. The Labute approximate surface area is 157 Å². The van der Waals surface area contributed by atoms with Crippen molar-refractivity contribution in [2.24, 2.45) is 0 Å². The van der Waals surface area contributed by atoms with Gasteiger partial charge in [0.15, 0.2) is 0 Å². The molecule has 0 atom stereocenters. The van der Waals surface area contributed by atoms with Crippen molar-refractivity contribution in [2.45, 2.75) is 20.5 Å². The first kappa shape index (κ1) is 18.5. The molecule has 0 saturated heterocycles. The number of hydrogen-bond acceptors (Lipinski definition) is 6. The summed E-state index contributed by atoms with van der Waals surface area (Å²) in [6.07, 6.45) is 0. The molecule has 27 heavy (non-hydrogen) atoms. The topological polar surface area (TPSA) is 70.8 Å². The number of nitrogens with zero attached hydrogens (tertiary/aromatic N) is 1. The van der Waals surface area contributed by atoms with E-state index in [0.717, 1.165) is 17.0 Å². The zero-order chi connectivity index (χ0) is 19.1. The summed E-state index contributed by atoms with van der Waals surface area (Å²) < 4.78 is 21.8. The second-order valence-corrected chi connectivity index (χ2v) is 5.88. The molecule has 0 aliphatic rings. The first-order valence-corrected chi connectivity index (χ1v) is 8.63. The lowest BCUT2D eigenvalue weighted by molar-refractivity contribution is 0.0445. The fraction of sp³-hybridized carbons (Fsp3) is 0.238. The number of esters is 1. The molecule has 0 aliphatic carbocycles. The molecule has 6 nitrogen and oxygen atoms in total. The molecule has 0 saturated carbocycles. The van der Waals surface area contributed by atoms with Crippen LogP contribution in [0, 0.1) is 13.8 Å². The standard InChI is InChI=1S/C21H21NO5/c1-15-19(16(2)27-22-15)14-26-20-11-7-6-10-18(20)21(23)25-13-12-24-17-8-4-3-5-9-17/h3-11H,12-14H2,1-2H3. The SMILES string of the molecule is Cc1noc(C)c1COc1ccccc1C(=O)OCCOc1ccccc1. The molecular weight excluding hydrogens is 346 g/mol. The van der Waals surface area contributed by atoms with Gasteiger partial charge in [0.2, 0.25) is 0 Å². The number of hydrogen-bond donors (Lipinski definition) is 0. The summed E-state index contributed by atoms with van der Waals surface area (Å²) in [5.41, 5.74) is 2.00. The lowest BCUT2D eigenvalue weighted by Crippen LogP contribution is -2.13. The van der Waals surface area contributed by atoms with E-state index < -0.39 is 5.97 Å². The monoisotopic (exact) mass is 367 g/mol. The second kappa shape index (κ2) is 8.89. The summed E-state index contributed by atoms with van der Waals surface area (Å²) in [6.45, 7) is 4.36. The molecule has 3 aromatic rings. The van der Waals surface area contributed by atoms with Crippen molar-refractivity contribution in [3.63, 3.8) is 0 Å². The third-order valence-electron chi connectivity index (χ3n) is 3.99. The Morgan fingerprint density at radius 3 is 2.44 bits per heavy atom. The first-order chi connectivity index (χ1) is 13.1. The Kier molecular flexibility index (Phi) is 6.10. The fourth-order valence-electron chi connectivity index (χ4n) is 2.51. The molecule has 0 aliphatic heterocycles. The smallest absolute Gasteiger partial charge is 0.342 e. The van der Waals surface area contributed by atoms with Gasteiger partial charge in [-0.05, 0) is 38.1 Å². The van der Waals surface area contributed by atoms with Crippen LogP contribution < -0.4 is 9.47 Å². The molecular formula is C21H21NO5. The van der Waals surface area contributed by atoms with Crippen LogP contribution in [0.1, 0.15) is 27.4 Å². The molecule has 1 heterocycles. The van der Waals surface area contributed by atoms with Gasteiger partial charge in [0.25, 0.3) is 0 Å². The van der Waals surface area contributed by atoms with Crippen LogP contribution in [-0.2, 0) is 11.3 Å². The highest BCUT2D eigenvalue weighted by Gasteiger charge is 2.16. The van der Waals surface area contributed by atoms with Crippen LogP contribution in [0.4, 0.5) is 0 Å². The number of ether oxygens (including phenoxy) is 3. The number of benzene rings is 2. The third-order valence-corrected chi connectivity index (χ3v) is 3.99. The number of aromatic nitrogens is 1. The molecule has 3 rings (SSSR count). The van der Waals surface area contributed by atoms with Crippen molar-refractivity contribution in [1.82, 2.24) is 5.16 Å². The summed E-state index contributed by atoms with van der Waals surface area (Å²) in [5.74, 6) is 1.43. The average molecular weight is 367 g/mol. The van der Waals surface area contributed by atoms with Gasteiger partial charge in [-0.3, -0.25) is 0 Å². The summed E-state index contributed by atoms with van der Waals surface area (Å²) in [4.78, 5) is 12.4. The molecule has 0 radical (unpaired) electrons. The van der Waals surface area contributed by atoms with Crippen molar-refractivity contribution in [1.29, 1.82) is 0 Å². The lowest BCUT2D eigenvalue weighted by atomic mass is 10.2. The van der Waals surface area contributed by atoms with Gasteiger partial charge in [-0.1, -0.05) is 35.5 Å². The molecule has 6 heteroatoms. The van der Waals surface area contributed by atoms with Crippen molar-refractivity contribution < 1.29 is 23.5 Å². The predicted molar refractivity (Wildman–Crippen MR) is 99.0 cm³/mol. The van der Waals surface area contributed by atoms with Gasteiger partial charge in [-0.2, -0.15) is 0 Å². The number of carbonyl (C=O) groups excluding carboxylic acids is 1. The third kappa shape index (κ3) is 4.88. The van der Waals surface area contributed by atoms with Crippen LogP contribution in [0.15, 0.2) is 59.1 Å². The summed E-state index contributed by atoms with van der Waals surface area (Å²) >= 11 is 0.